The van der Waals surface area contributed by atoms with Gasteiger partial charge >= 0.3 is 0 Å². The summed E-state index contributed by atoms with van der Waals surface area (Å²) in [6, 6.07) is 3.85. The van der Waals surface area contributed by atoms with Crippen molar-refractivity contribution in [2.45, 2.75) is 26.3 Å². The third-order valence-corrected chi connectivity index (χ3v) is 5.24. The summed E-state index contributed by atoms with van der Waals surface area (Å²) in [5.74, 6) is 6.12. The number of carbonyl (C=O) groups excluding carboxylic acids is 2. The Labute approximate surface area is 128 Å². The second-order valence-corrected chi connectivity index (χ2v) is 6.99. The Morgan fingerprint density at radius 1 is 1.29 bits per heavy atom. The van der Waals surface area contributed by atoms with Crippen molar-refractivity contribution in [2.75, 3.05) is 6.54 Å². The fourth-order valence-electron chi connectivity index (χ4n) is 3.33. The molecule has 4 nitrogen and oxygen atoms in total. The van der Waals surface area contributed by atoms with Gasteiger partial charge in [0.1, 0.15) is 0 Å². The zero-order valence-corrected chi connectivity index (χ0v) is 12.8. The summed E-state index contributed by atoms with van der Waals surface area (Å²) in [4.78, 5) is 28.1. The van der Waals surface area contributed by atoms with E-state index in [0.29, 0.717) is 19.0 Å². The molecule has 1 saturated heterocycles. The predicted molar refractivity (Wildman–Crippen MR) is 81.2 cm³/mol. The second-order valence-electron chi connectivity index (χ2n) is 5.82. The van der Waals surface area contributed by atoms with E-state index < -0.39 is 0 Å². The van der Waals surface area contributed by atoms with Crippen LogP contribution in [0, 0.1) is 29.6 Å². The van der Waals surface area contributed by atoms with Crippen LogP contribution in [0.25, 0.3) is 0 Å². The third kappa shape index (κ3) is 2.61. The van der Waals surface area contributed by atoms with Crippen molar-refractivity contribution in [3.05, 3.63) is 21.9 Å². The number of hydrogen-bond donors (Lipinski definition) is 1. The highest BCUT2D eigenvalue weighted by Crippen LogP contribution is 2.43. The van der Waals surface area contributed by atoms with E-state index in [1.165, 1.54) is 16.2 Å². The van der Waals surface area contributed by atoms with Gasteiger partial charge in [0, 0.05) is 4.88 Å². The highest BCUT2D eigenvalue weighted by Gasteiger charge is 2.51. The molecule has 0 spiro atoms. The normalized spacial score (nSPS) is 27.7. The first kappa shape index (κ1) is 14.3. The zero-order valence-electron chi connectivity index (χ0n) is 12.0. The van der Waals surface area contributed by atoms with Gasteiger partial charge in [-0.1, -0.05) is 18.8 Å². The topological polar surface area (TPSA) is 63.4 Å². The average molecular weight is 302 g/mol. The maximum Gasteiger partial charge on any atom is 0.233 e. The summed E-state index contributed by atoms with van der Waals surface area (Å²) in [5, 5.41) is 0. The molecule has 2 heterocycles. The smallest absolute Gasteiger partial charge is 0.233 e. The number of amides is 2. The van der Waals surface area contributed by atoms with Crippen LogP contribution in [0.1, 0.15) is 29.5 Å². The fourth-order valence-corrected chi connectivity index (χ4v) is 4.20. The van der Waals surface area contributed by atoms with E-state index in [9.17, 15) is 9.59 Å². The summed E-state index contributed by atoms with van der Waals surface area (Å²) >= 11 is 1.52. The molecular formula is C16H18N2O2S. The second kappa shape index (κ2) is 5.63. The van der Waals surface area contributed by atoms with Crippen molar-refractivity contribution in [2.24, 2.45) is 23.5 Å². The number of hydrogen-bond acceptors (Lipinski definition) is 4. The minimum absolute atomic E-state index is 0.0114. The quantitative estimate of drug-likeness (QED) is 0.666. The van der Waals surface area contributed by atoms with Gasteiger partial charge in [0.2, 0.25) is 11.8 Å². The van der Waals surface area contributed by atoms with Crippen molar-refractivity contribution in [3.8, 4) is 11.8 Å². The molecule has 2 fully saturated rings. The molecule has 0 radical (unpaired) electrons. The van der Waals surface area contributed by atoms with E-state index in [-0.39, 0.29) is 23.7 Å². The van der Waals surface area contributed by atoms with Gasteiger partial charge in [-0.2, -0.15) is 0 Å². The molecule has 2 aliphatic rings. The SMILES string of the molecule is CC1CC2C(=O)N(Cc3ccc(C#CCN)s3)C(=O)C2C1. The van der Waals surface area contributed by atoms with Crippen LogP contribution in [0.4, 0.5) is 0 Å². The van der Waals surface area contributed by atoms with Gasteiger partial charge in [0.25, 0.3) is 0 Å². The monoisotopic (exact) mass is 302 g/mol. The van der Waals surface area contributed by atoms with Gasteiger partial charge in [-0.15, -0.1) is 11.3 Å². The third-order valence-electron chi connectivity index (χ3n) is 4.25. The molecular weight excluding hydrogens is 284 g/mol. The van der Waals surface area contributed by atoms with Crippen LogP contribution in [-0.4, -0.2) is 23.3 Å². The molecule has 1 aromatic heterocycles. The minimum atomic E-state index is -0.0797. The van der Waals surface area contributed by atoms with Crippen molar-refractivity contribution < 1.29 is 9.59 Å². The molecule has 2 N–H and O–H groups in total. The summed E-state index contributed by atoms with van der Waals surface area (Å²) in [7, 11) is 0. The summed E-state index contributed by atoms with van der Waals surface area (Å²) < 4.78 is 0. The molecule has 1 saturated carbocycles. The van der Waals surface area contributed by atoms with Crippen molar-refractivity contribution in [3.63, 3.8) is 0 Å². The van der Waals surface area contributed by atoms with Gasteiger partial charge in [-0.3, -0.25) is 14.5 Å². The maximum absolute atomic E-state index is 12.4. The Balaban J connectivity index is 1.72. The minimum Gasteiger partial charge on any atom is -0.320 e. The Morgan fingerprint density at radius 3 is 2.57 bits per heavy atom. The lowest BCUT2D eigenvalue weighted by atomic mass is 10.00. The van der Waals surface area contributed by atoms with Gasteiger partial charge < -0.3 is 5.73 Å². The first-order chi connectivity index (χ1) is 10.1. The number of carbonyl (C=O) groups is 2. The molecule has 3 rings (SSSR count). The van der Waals surface area contributed by atoms with Crippen LogP contribution in [-0.2, 0) is 16.1 Å². The predicted octanol–water partition coefficient (Wildman–Crippen LogP) is 1.59. The number of imide groups is 1. The number of thiophene rings is 1. The van der Waals surface area contributed by atoms with E-state index in [2.05, 4.69) is 18.8 Å². The largest absolute Gasteiger partial charge is 0.320 e. The van der Waals surface area contributed by atoms with Crippen LogP contribution in [0.5, 0.6) is 0 Å². The molecule has 2 atom stereocenters. The molecule has 110 valence electrons. The van der Waals surface area contributed by atoms with Crippen molar-refractivity contribution >= 4 is 23.2 Å². The molecule has 1 aromatic rings. The molecule has 0 bridgehead atoms. The standard InChI is InChI=1S/C16H18N2O2S/c1-10-7-13-14(8-10)16(20)18(15(13)19)9-12-5-4-11(21-12)3-2-6-17/h4-5,10,13-14H,6-9,17H2,1H3. The first-order valence-corrected chi connectivity index (χ1v) is 8.04. The summed E-state index contributed by atoms with van der Waals surface area (Å²) in [5.41, 5.74) is 5.35. The number of fused-ring (bicyclic) bond motifs is 1. The fraction of sp³-hybridized carbons (Fsp3) is 0.500. The maximum atomic E-state index is 12.4. The Hall–Kier alpha value is -1.64. The Morgan fingerprint density at radius 2 is 1.95 bits per heavy atom. The van der Waals surface area contributed by atoms with Gasteiger partial charge in [-0.25, -0.2) is 0 Å². The van der Waals surface area contributed by atoms with E-state index >= 15 is 0 Å². The molecule has 0 aromatic carbocycles. The highest BCUT2D eigenvalue weighted by molar-refractivity contribution is 7.12. The van der Waals surface area contributed by atoms with Crippen LogP contribution < -0.4 is 5.73 Å². The number of rotatable bonds is 2. The van der Waals surface area contributed by atoms with E-state index in [1.807, 2.05) is 12.1 Å². The lowest BCUT2D eigenvalue weighted by Gasteiger charge is -2.15. The lowest BCUT2D eigenvalue weighted by Crippen LogP contribution is -2.31. The molecule has 1 aliphatic carbocycles. The van der Waals surface area contributed by atoms with Crippen LogP contribution >= 0.6 is 11.3 Å². The molecule has 5 heteroatoms. The van der Waals surface area contributed by atoms with Gasteiger partial charge in [-0.05, 0) is 30.9 Å². The number of likely N-dealkylation sites (tertiary alicyclic amines) is 1. The van der Waals surface area contributed by atoms with Gasteiger partial charge in [0.15, 0.2) is 0 Å². The highest BCUT2D eigenvalue weighted by atomic mass is 32.1. The summed E-state index contributed by atoms with van der Waals surface area (Å²) in [6.07, 6.45) is 1.70. The first-order valence-electron chi connectivity index (χ1n) is 7.23. The van der Waals surface area contributed by atoms with Crippen molar-refractivity contribution in [1.82, 2.24) is 4.90 Å². The van der Waals surface area contributed by atoms with Crippen LogP contribution in [0.2, 0.25) is 0 Å². The molecule has 2 unspecified atom stereocenters. The van der Waals surface area contributed by atoms with Gasteiger partial charge in [0.05, 0.1) is 29.8 Å². The molecule has 2 amide bonds. The number of nitrogens with two attached hydrogens (primary N) is 1. The van der Waals surface area contributed by atoms with Crippen molar-refractivity contribution in [1.29, 1.82) is 0 Å². The molecule has 1 aliphatic heterocycles. The lowest BCUT2D eigenvalue weighted by molar-refractivity contribution is -0.141. The van der Waals surface area contributed by atoms with E-state index in [1.54, 1.807) is 0 Å². The Kier molecular flexibility index (Phi) is 3.83. The van der Waals surface area contributed by atoms with Crippen LogP contribution in [0.15, 0.2) is 12.1 Å². The number of nitrogens with zero attached hydrogens (tertiary/aromatic N) is 1. The zero-order chi connectivity index (χ0) is 15.0. The molecule has 21 heavy (non-hydrogen) atoms. The van der Waals surface area contributed by atoms with E-state index in [4.69, 9.17) is 5.73 Å². The average Bonchev–Trinajstić information content (AvgIpc) is 3.11. The van der Waals surface area contributed by atoms with E-state index in [0.717, 1.165) is 22.6 Å². The summed E-state index contributed by atoms with van der Waals surface area (Å²) in [6.45, 7) is 2.83. The van der Waals surface area contributed by atoms with Crippen LogP contribution in [0.3, 0.4) is 0 Å². The Bertz CT molecular complexity index is 616.